The molecule has 2 aromatic rings. The van der Waals surface area contributed by atoms with Gasteiger partial charge in [-0.05, 0) is 24.6 Å². The van der Waals surface area contributed by atoms with Crippen molar-refractivity contribution in [2.45, 2.75) is 18.5 Å². The number of halogens is 2. The average Bonchev–Trinajstić information content (AvgIpc) is 2.95. The molecular formula is C11H8BrFN2O. The van der Waals surface area contributed by atoms with E-state index in [4.69, 9.17) is 0 Å². The molecule has 0 bridgehead atoms. The molecule has 0 radical (unpaired) electrons. The lowest BCUT2D eigenvalue weighted by Gasteiger charge is -2.03. The second kappa shape index (κ2) is 3.38. The van der Waals surface area contributed by atoms with Gasteiger partial charge in [-0.2, -0.15) is 5.10 Å². The summed E-state index contributed by atoms with van der Waals surface area (Å²) in [4.78, 5) is 11.5. The zero-order valence-electron chi connectivity index (χ0n) is 8.21. The Kier molecular flexibility index (Phi) is 2.10. The number of nitrogens with zero attached hydrogens (tertiary/aromatic N) is 1. The first-order valence-electron chi connectivity index (χ1n) is 4.99. The number of aromatic amines is 1. The van der Waals surface area contributed by atoms with Crippen LogP contribution in [0.15, 0.2) is 27.5 Å². The molecule has 1 saturated carbocycles. The van der Waals surface area contributed by atoms with Gasteiger partial charge in [0.1, 0.15) is 6.17 Å². The maximum absolute atomic E-state index is 13.0. The summed E-state index contributed by atoms with van der Waals surface area (Å²) >= 11 is 3.34. The van der Waals surface area contributed by atoms with Crippen LogP contribution in [-0.4, -0.2) is 16.4 Å². The third-order valence-electron chi connectivity index (χ3n) is 2.84. The molecule has 0 aliphatic heterocycles. The molecule has 1 aliphatic rings. The molecule has 5 heteroatoms. The van der Waals surface area contributed by atoms with Gasteiger partial charge in [0.05, 0.1) is 11.1 Å². The molecule has 1 heterocycles. The summed E-state index contributed by atoms with van der Waals surface area (Å²) < 4.78 is 13.9. The Bertz CT molecular complexity index is 625. The Balaban J connectivity index is 2.33. The highest BCUT2D eigenvalue weighted by atomic mass is 79.9. The fraction of sp³-hybridized carbons (Fsp3) is 0.273. The van der Waals surface area contributed by atoms with Gasteiger partial charge in [0.15, 0.2) is 0 Å². The Hall–Kier alpha value is -1.23. The van der Waals surface area contributed by atoms with Crippen LogP contribution in [0.25, 0.3) is 10.8 Å². The molecule has 82 valence electrons. The predicted molar refractivity (Wildman–Crippen MR) is 62.3 cm³/mol. The van der Waals surface area contributed by atoms with Gasteiger partial charge in [0, 0.05) is 15.8 Å². The minimum absolute atomic E-state index is 0.159. The van der Waals surface area contributed by atoms with Crippen molar-refractivity contribution in [3.05, 3.63) is 38.7 Å². The number of nitrogens with one attached hydrogen (secondary N) is 1. The van der Waals surface area contributed by atoms with Crippen LogP contribution < -0.4 is 5.56 Å². The molecule has 1 aromatic carbocycles. The van der Waals surface area contributed by atoms with E-state index in [1.807, 2.05) is 6.07 Å². The lowest BCUT2D eigenvalue weighted by Crippen LogP contribution is -2.10. The number of alkyl halides is 1. The zero-order chi connectivity index (χ0) is 11.3. The van der Waals surface area contributed by atoms with Crippen molar-refractivity contribution in [3.8, 4) is 0 Å². The quantitative estimate of drug-likeness (QED) is 0.874. The summed E-state index contributed by atoms with van der Waals surface area (Å²) in [6.45, 7) is 0. The largest absolute Gasteiger partial charge is 0.272 e. The SMILES string of the molecule is O=c1[nH]nc([C@H]2C[C@H]2F)c2cc(Br)ccc12. The van der Waals surface area contributed by atoms with Crippen LogP contribution in [0.5, 0.6) is 0 Å². The number of hydrogen-bond acceptors (Lipinski definition) is 2. The first-order chi connectivity index (χ1) is 7.66. The lowest BCUT2D eigenvalue weighted by atomic mass is 10.1. The molecular weight excluding hydrogens is 275 g/mol. The van der Waals surface area contributed by atoms with Gasteiger partial charge in [-0.15, -0.1) is 0 Å². The summed E-state index contributed by atoms with van der Waals surface area (Å²) in [7, 11) is 0. The fourth-order valence-electron chi connectivity index (χ4n) is 1.89. The molecule has 3 rings (SSSR count). The van der Waals surface area contributed by atoms with E-state index < -0.39 is 6.17 Å². The van der Waals surface area contributed by atoms with Crippen molar-refractivity contribution in [1.82, 2.24) is 10.2 Å². The smallest absolute Gasteiger partial charge is 0.267 e. The number of fused-ring (bicyclic) bond motifs is 1. The Morgan fingerprint density at radius 3 is 2.88 bits per heavy atom. The van der Waals surface area contributed by atoms with Crippen LogP contribution >= 0.6 is 15.9 Å². The first-order valence-corrected chi connectivity index (χ1v) is 5.78. The van der Waals surface area contributed by atoms with Crippen LogP contribution in [0.2, 0.25) is 0 Å². The maximum atomic E-state index is 13.0. The minimum Gasteiger partial charge on any atom is -0.267 e. The van der Waals surface area contributed by atoms with E-state index in [0.29, 0.717) is 17.5 Å². The van der Waals surface area contributed by atoms with Crippen LogP contribution in [0.3, 0.4) is 0 Å². The van der Waals surface area contributed by atoms with E-state index in [9.17, 15) is 9.18 Å². The summed E-state index contributed by atoms with van der Waals surface area (Å²) in [6, 6.07) is 5.33. The highest BCUT2D eigenvalue weighted by molar-refractivity contribution is 9.10. The summed E-state index contributed by atoms with van der Waals surface area (Å²) in [5, 5.41) is 7.68. The number of benzene rings is 1. The average molecular weight is 283 g/mol. The van der Waals surface area contributed by atoms with E-state index in [-0.39, 0.29) is 11.5 Å². The highest BCUT2D eigenvalue weighted by Gasteiger charge is 2.41. The topological polar surface area (TPSA) is 45.8 Å². The second-order valence-corrected chi connectivity index (χ2v) is 4.90. The molecule has 1 fully saturated rings. The van der Waals surface area contributed by atoms with E-state index in [1.165, 1.54) is 0 Å². The molecule has 2 atom stereocenters. The predicted octanol–water partition coefficient (Wildman–Crippen LogP) is 2.51. The number of rotatable bonds is 1. The molecule has 1 aliphatic carbocycles. The molecule has 3 nitrogen and oxygen atoms in total. The molecule has 0 saturated heterocycles. The van der Waals surface area contributed by atoms with Gasteiger partial charge in [0.2, 0.25) is 0 Å². The van der Waals surface area contributed by atoms with Crippen LogP contribution in [0.1, 0.15) is 18.0 Å². The van der Waals surface area contributed by atoms with E-state index in [1.54, 1.807) is 12.1 Å². The van der Waals surface area contributed by atoms with Gasteiger partial charge < -0.3 is 0 Å². The van der Waals surface area contributed by atoms with Crippen molar-refractivity contribution < 1.29 is 4.39 Å². The van der Waals surface area contributed by atoms with Crippen LogP contribution in [0, 0.1) is 0 Å². The molecule has 16 heavy (non-hydrogen) atoms. The van der Waals surface area contributed by atoms with Gasteiger partial charge in [-0.3, -0.25) is 4.79 Å². The zero-order valence-corrected chi connectivity index (χ0v) is 9.79. The molecule has 1 N–H and O–H groups in total. The fourth-order valence-corrected chi connectivity index (χ4v) is 2.25. The molecule has 1 aromatic heterocycles. The Morgan fingerprint density at radius 1 is 1.44 bits per heavy atom. The lowest BCUT2D eigenvalue weighted by molar-refractivity contribution is 0.466. The van der Waals surface area contributed by atoms with Crippen LogP contribution in [-0.2, 0) is 0 Å². The van der Waals surface area contributed by atoms with Gasteiger partial charge in [-0.25, -0.2) is 9.49 Å². The van der Waals surface area contributed by atoms with Crippen LogP contribution in [0.4, 0.5) is 4.39 Å². The van der Waals surface area contributed by atoms with Crippen molar-refractivity contribution in [3.63, 3.8) is 0 Å². The summed E-state index contributed by atoms with van der Waals surface area (Å²) in [5.41, 5.74) is 0.422. The molecule has 0 amide bonds. The maximum Gasteiger partial charge on any atom is 0.272 e. The highest BCUT2D eigenvalue weighted by Crippen LogP contribution is 2.44. The monoisotopic (exact) mass is 282 g/mol. The van der Waals surface area contributed by atoms with Crippen molar-refractivity contribution >= 4 is 26.7 Å². The van der Waals surface area contributed by atoms with Gasteiger partial charge in [-0.1, -0.05) is 15.9 Å². The number of hydrogen-bond donors (Lipinski definition) is 1. The number of H-pyrrole nitrogens is 1. The first kappa shape index (κ1) is 9.96. The summed E-state index contributed by atoms with van der Waals surface area (Å²) in [6.07, 6.45) is -0.318. The van der Waals surface area contributed by atoms with Gasteiger partial charge in [0.25, 0.3) is 5.56 Å². The normalized spacial score (nSPS) is 23.6. The third kappa shape index (κ3) is 1.46. The van der Waals surface area contributed by atoms with Gasteiger partial charge >= 0.3 is 0 Å². The van der Waals surface area contributed by atoms with Crippen molar-refractivity contribution in [1.29, 1.82) is 0 Å². The van der Waals surface area contributed by atoms with E-state index in [0.717, 1.165) is 9.86 Å². The Labute approximate surface area is 98.8 Å². The molecule has 0 spiro atoms. The summed E-state index contributed by atoms with van der Waals surface area (Å²) in [5.74, 6) is -0.159. The standard InChI is InChI=1S/C11H8BrFN2O/c12-5-1-2-6-7(3-5)10(8-4-9(8)13)14-15-11(6)16/h1-3,8-9H,4H2,(H,15,16)/t8-,9+/m0/s1. The van der Waals surface area contributed by atoms with Crippen molar-refractivity contribution in [2.75, 3.05) is 0 Å². The number of aromatic nitrogens is 2. The Morgan fingerprint density at radius 2 is 2.19 bits per heavy atom. The second-order valence-electron chi connectivity index (χ2n) is 3.99. The third-order valence-corrected chi connectivity index (χ3v) is 3.34. The minimum atomic E-state index is -0.819. The van der Waals surface area contributed by atoms with E-state index in [2.05, 4.69) is 26.1 Å². The van der Waals surface area contributed by atoms with E-state index >= 15 is 0 Å². The molecule has 0 unspecified atom stereocenters. The van der Waals surface area contributed by atoms with Crippen molar-refractivity contribution in [2.24, 2.45) is 0 Å².